The molecule has 1 saturated carbocycles. The third kappa shape index (κ3) is 7.40. The highest BCUT2D eigenvalue weighted by Crippen LogP contribution is 2.37. The molecular weight excluding hydrogens is 426 g/mol. The van der Waals surface area contributed by atoms with Crippen molar-refractivity contribution in [1.82, 2.24) is 19.5 Å². The largest absolute Gasteiger partial charge is 0.346 e. The molecular formula is C26H43N7O. The van der Waals surface area contributed by atoms with Crippen molar-refractivity contribution in [3.63, 3.8) is 0 Å². The molecule has 3 N–H and O–H groups in total. The lowest BCUT2D eigenvalue weighted by molar-refractivity contribution is -0.116. The maximum atomic E-state index is 10.1. The number of ketones is 1. The Morgan fingerprint density at radius 2 is 1.88 bits per heavy atom. The van der Waals surface area contributed by atoms with Crippen LogP contribution in [0.3, 0.4) is 0 Å². The van der Waals surface area contributed by atoms with Crippen molar-refractivity contribution in [1.29, 1.82) is 10.5 Å². The first-order valence-electron chi connectivity index (χ1n) is 12.3. The summed E-state index contributed by atoms with van der Waals surface area (Å²) in [5, 5.41) is 17.9. The highest BCUT2D eigenvalue weighted by Gasteiger charge is 2.26. The Hall–Kier alpha value is -3.23. The number of nitrogens with one attached hydrogen (secondary N) is 1. The van der Waals surface area contributed by atoms with Crippen LogP contribution in [0.4, 0.5) is 0 Å². The topological polar surface area (TPSA) is 137 Å². The monoisotopic (exact) mass is 469 g/mol. The lowest BCUT2D eigenvalue weighted by Gasteiger charge is -2.29. The van der Waals surface area contributed by atoms with E-state index in [1.165, 1.54) is 6.92 Å². The van der Waals surface area contributed by atoms with Crippen LogP contribution in [0.1, 0.15) is 94.3 Å². The van der Waals surface area contributed by atoms with Crippen LogP contribution in [-0.2, 0) is 11.3 Å². The third-order valence-corrected chi connectivity index (χ3v) is 5.64. The summed E-state index contributed by atoms with van der Waals surface area (Å²) >= 11 is 0. The van der Waals surface area contributed by atoms with E-state index in [9.17, 15) is 4.79 Å². The van der Waals surface area contributed by atoms with Crippen LogP contribution in [0.2, 0.25) is 0 Å². The number of imidazole rings is 1. The zero-order chi connectivity index (χ0) is 25.5. The molecule has 188 valence electrons. The van der Waals surface area contributed by atoms with Gasteiger partial charge in [-0.25, -0.2) is 9.97 Å². The normalized spacial score (nSPS) is 16.6. The lowest BCUT2D eigenvalue weighted by atomic mass is 9.84. The molecule has 0 atom stereocenters. The van der Waals surface area contributed by atoms with Crippen molar-refractivity contribution in [2.75, 3.05) is 0 Å². The molecule has 8 heteroatoms. The minimum absolute atomic E-state index is 0. The predicted molar refractivity (Wildman–Crippen MR) is 141 cm³/mol. The number of fused-ring (bicyclic) bond motifs is 3. The summed E-state index contributed by atoms with van der Waals surface area (Å²) < 4.78 is 2.33. The molecule has 8 nitrogen and oxygen atoms in total. The van der Waals surface area contributed by atoms with Gasteiger partial charge >= 0.3 is 0 Å². The van der Waals surface area contributed by atoms with E-state index in [2.05, 4.69) is 26.7 Å². The summed E-state index contributed by atoms with van der Waals surface area (Å²) in [6.45, 7) is 9.91. The number of pyridine rings is 1. The number of hydrogen-bond acceptors (Lipinski definition) is 6. The van der Waals surface area contributed by atoms with Crippen LogP contribution >= 0.6 is 0 Å². The molecule has 4 rings (SSSR count). The SMILES string of the molecule is CC.CC.CC(=O)CCC#N.N#CCC1CCC(n2c(CN)nc3cnc4[nH]ccc4c32)CC1.[HH].[HH]. The summed E-state index contributed by atoms with van der Waals surface area (Å²) in [5.74, 6) is 1.56. The molecule has 0 spiro atoms. The minimum atomic E-state index is 0. The van der Waals surface area contributed by atoms with Crippen LogP contribution in [-0.4, -0.2) is 25.3 Å². The van der Waals surface area contributed by atoms with Crippen LogP contribution in [0.25, 0.3) is 22.1 Å². The molecule has 0 aliphatic heterocycles. The first-order chi connectivity index (χ1) is 16.6. The molecule has 1 fully saturated rings. The van der Waals surface area contributed by atoms with E-state index >= 15 is 0 Å². The highest BCUT2D eigenvalue weighted by atomic mass is 16.1. The van der Waals surface area contributed by atoms with Crippen molar-refractivity contribution in [2.45, 2.75) is 92.2 Å². The van der Waals surface area contributed by atoms with Gasteiger partial charge < -0.3 is 15.3 Å². The van der Waals surface area contributed by atoms with Gasteiger partial charge in [0.15, 0.2) is 0 Å². The smallest absolute Gasteiger partial charge is 0.139 e. The molecule has 3 heterocycles. The molecule has 0 aromatic carbocycles. The van der Waals surface area contributed by atoms with E-state index in [0.29, 0.717) is 37.8 Å². The summed E-state index contributed by atoms with van der Waals surface area (Å²) in [5.41, 5.74) is 8.90. The zero-order valence-corrected chi connectivity index (χ0v) is 21.3. The summed E-state index contributed by atoms with van der Waals surface area (Å²) in [6, 6.07) is 6.66. The minimum Gasteiger partial charge on any atom is -0.346 e. The number of aromatic nitrogens is 4. The number of carbonyl (C=O) groups is 1. The molecule has 0 bridgehead atoms. The number of carbonyl (C=O) groups excluding carboxylic acids is 1. The maximum Gasteiger partial charge on any atom is 0.139 e. The second-order valence-corrected chi connectivity index (χ2v) is 7.73. The van der Waals surface area contributed by atoms with Crippen molar-refractivity contribution in [3.05, 3.63) is 24.3 Å². The van der Waals surface area contributed by atoms with E-state index in [1.54, 1.807) is 0 Å². The van der Waals surface area contributed by atoms with Crippen LogP contribution in [0, 0.1) is 28.6 Å². The Morgan fingerprint density at radius 1 is 1.21 bits per heavy atom. The number of aromatic amines is 1. The number of nitrogens with two attached hydrogens (primary N) is 1. The molecule has 3 aromatic rings. The standard InChI is InChI=1S/C17H20N6.C5H7NO.2C2H6.2H2/c18-7-5-11-1-3-12(4-2-11)23-15(9-19)22-14-10-21-17-13(16(14)23)6-8-20-17;1-5(7)3-2-4-6;2*1-2;;/h6,8,10-12H,1-5,9,19H2,(H,20,21);2-3H2,1H3;2*1-2H3;2*1H. The molecule has 1 aliphatic rings. The van der Waals surface area contributed by atoms with Gasteiger partial charge in [0, 0.05) is 39.7 Å². The van der Waals surface area contributed by atoms with Crippen molar-refractivity contribution in [2.24, 2.45) is 11.7 Å². The molecule has 0 amide bonds. The number of nitrogens with zero attached hydrogens (tertiary/aromatic N) is 5. The Kier molecular flexibility index (Phi) is 13.2. The van der Waals surface area contributed by atoms with Gasteiger partial charge in [0.1, 0.15) is 22.8 Å². The van der Waals surface area contributed by atoms with Gasteiger partial charge in [-0.15, -0.1) is 0 Å². The van der Waals surface area contributed by atoms with Crippen molar-refractivity contribution >= 4 is 27.9 Å². The molecule has 3 aromatic heterocycles. The first kappa shape index (κ1) is 28.8. The first-order valence-corrected chi connectivity index (χ1v) is 12.3. The van der Waals surface area contributed by atoms with Gasteiger partial charge in [0.05, 0.1) is 30.4 Å². The summed E-state index contributed by atoms with van der Waals surface area (Å²) in [4.78, 5) is 22.4. The van der Waals surface area contributed by atoms with Crippen LogP contribution < -0.4 is 5.73 Å². The maximum absolute atomic E-state index is 10.1. The van der Waals surface area contributed by atoms with E-state index in [4.69, 9.17) is 21.2 Å². The Balaban J connectivity index is 0. The fraction of sp³-hybridized carbons (Fsp3) is 0.577. The second kappa shape index (κ2) is 15.6. The van der Waals surface area contributed by atoms with Gasteiger partial charge in [-0.3, -0.25) is 4.79 Å². The predicted octanol–water partition coefficient (Wildman–Crippen LogP) is 6.44. The fourth-order valence-corrected chi connectivity index (χ4v) is 4.15. The number of H-pyrrole nitrogens is 1. The second-order valence-electron chi connectivity index (χ2n) is 7.73. The van der Waals surface area contributed by atoms with Crippen molar-refractivity contribution in [3.8, 4) is 12.1 Å². The van der Waals surface area contributed by atoms with Gasteiger partial charge in [0.2, 0.25) is 0 Å². The highest BCUT2D eigenvalue weighted by molar-refractivity contribution is 6.01. The van der Waals surface area contributed by atoms with Gasteiger partial charge in [-0.05, 0) is 44.6 Å². The van der Waals surface area contributed by atoms with E-state index in [0.717, 1.165) is 53.6 Å². The Labute approximate surface area is 206 Å². The number of rotatable bonds is 5. The average molecular weight is 470 g/mol. The van der Waals surface area contributed by atoms with Crippen molar-refractivity contribution < 1.29 is 7.65 Å². The molecule has 0 radical (unpaired) electrons. The molecule has 0 saturated heterocycles. The van der Waals surface area contributed by atoms with E-state index < -0.39 is 0 Å². The summed E-state index contributed by atoms with van der Waals surface area (Å²) in [6.07, 6.45) is 9.54. The van der Waals surface area contributed by atoms with E-state index in [-0.39, 0.29) is 8.64 Å². The van der Waals surface area contributed by atoms with Crippen LogP contribution in [0.15, 0.2) is 18.5 Å². The van der Waals surface area contributed by atoms with Gasteiger partial charge in [-0.1, -0.05) is 27.7 Å². The fourth-order valence-electron chi connectivity index (χ4n) is 4.15. The van der Waals surface area contributed by atoms with Crippen LogP contribution in [0.5, 0.6) is 0 Å². The lowest BCUT2D eigenvalue weighted by Crippen LogP contribution is -2.21. The van der Waals surface area contributed by atoms with Gasteiger partial charge in [-0.2, -0.15) is 10.5 Å². The average Bonchev–Trinajstić information content (AvgIpc) is 3.50. The van der Waals surface area contributed by atoms with Gasteiger partial charge in [0.25, 0.3) is 0 Å². The molecule has 0 unspecified atom stereocenters. The Morgan fingerprint density at radius 3 is 2.41 bits per heavy atom. The number of Topliss-reactive ketones (excluding diaryl/α,β-unsaturated/α-hetero) is 1. The summed E-state index contributed by atoms with van der Waals surface area (Å²) in [7, 11) is 0. The molecule has 34 heavy (non-hydrogen) atoms. The Bertz CT molecular complexity index is 1100. The van der Waals surface area contributed by atoms with E-state index in [1.807, 2.05) is 46.2 Å². The zero-order valence-electron chi connectivity index (χ0n) is 21.3. The number of nitriles is 2. The number of hydrogen-bond donors (Lipinski definition) is 2. The quantitative estimate of drug-likeness (QED) is 0.441. The molecule has 1 aliphatic carbocycles. The third-order valence-electron chi connectivity index (χ3n) is 5.64.